The number of carbonyl (C=O) groups excluding carboxylic acids is 1. The molecule has 1 aliphatic carbocycles. The normalized spacial score (nSPS) is 27.8. The molecule has 1 N–H and O–H groups in total. The summed E-state index contributed by atoms with van der Waals surface area (Å²) in [5.74, 6) is 0.436. The molecule has 1 amide bonds. The Bertz CT molecular complexity index is 983. The van der Waals surface area contributed by atoms with Crippen LogP contribution in [0, 0.1) is 11.3 Å². The maximum Gasteiger partial charge on any atom is 0.229 e. The lowest BCUT2D eigenvalue weighted by Gasteiger charge is -2.53. The number of rotatable bonds is 7. The predicted molar refractivity (Wildman–Crippen MR) is 131 cm³/mol. The number of benzene rings is 2. The van der Waals surface area contributed by atoms with Gasteiger partial charge in [0.25, 0.3) is 0 Å². The van der Waals surface area contributed by atoms with Crippen LogP contribution in [0.1, 0.15) is 62.6 Å². The number of carbonyl (C=O) groups is 1. The number of nitrogens with zero attached hydrogens (tertiary/aromatic N) is 1. The average Bonchev–Trinajstić information content (AvgIpc) is 3.57. The molecular formula is C27H31Cl2NO2. The average molecular weight is 472 g/mol. The largest absolute Gasteiger partial charge is 0.391 e. The summed E-state index contributed by atoms with van der Waals surface area (Å²) in [5, 5.41) is 12.2. The van der Waals surface area contributed by atoms with Gasteiger partial charge in [-0.15, -0.1) is 6.58 Å². The van der Waals surface area contributed by atoms with Crippen molar-refractivity contribution in [3.63, 3.8) is 0 Å². The van der Waals surface area contributed by atoms with Gasteiger partial charge in [-0.2, -0.15) is 0 Å². The van der Waals surface area contributed by atoms with E-state index in [4.69, 9.17) is 23.2 Å². The zero-order valence-corrected chi connectivity index (χ0v) is 20.2. The summed E-state index contributed by atoms with van der Waals surface area (Å²) in [6.07, 6.45) is 4.55. The fourth-order valence-electron chi connectivity index (χ4n) is 5.51. The van der Waals surface area contributed by atoms with Gasteiger partial charge >= 0.3 is 0 Å². The molecule has 5 atom stereocenters. The van der Waals surface area contributed by atoms with Crippen LogP contribution in [0.25, 0.3) is 0 Å². The Balaban J connectivity index is 1.91. The number of aliphatic hydroxyl groups excluding tert-OH is 1. The highest BCUT2D eigenvalue weighted by Gasteiger charge is 2.54. The van der Waals surface area contributed by atoms with Gasteiger partial charge in [-0.05, 0) is 73.9 Å². The summed E-state index contributed by atoms with van der Waals surface area (Å²) in [6, 6.07) is 15.3. The molecule has 0 radical (unpaired) electrons. The third-order valence-electron chi connectivity index (χ3n) is 7.11. The minimum Gasteiger partial charge on any atom is -0.391 e. The first-order chi connectivity index (χ1) is 15.2. The van der Waals surface area contributed by atoms with E-state index < -0.39 is 11.5 Å². The summed E-state index contributed by atoms with van der Waals surface area (Å²) >= 11 is 12.6. The summed E-state index contributed by atoms with van der Waals surface area (Å²) in [5.41, 5.74) is 1.53. The highest BCUT2D eigenvalue weighted by Crippen LogP contribution is 2.54. The maximum atomic E-state index is 14.1. The molecule has 1 saturated carbocycles. The molecule has 2 aromatic rings. The topological polar surface area (TPSA) is 40.5 Å². The number of hydrogen-bond donors (Lipinski definition) is 1. The van der Waals surface area contributed by atoms with Crippen molar-refractivity contribution < 1.29 is 9.90 Å². The van der Waals surface area contributed by atoms with Gasteiger partial charge < -0.3 is 10.0 Å². The lowest BCUT2D eigenvalue weighted by atomic mass is 9.66. The Morgan fingerprint density at radius 2 is 1.84 bits per heavy atom. The minimum absolute atomic E-state index is 0.0255. The lowest BCUT2D eigenvalue weighted by Crippen LogP contribution is -2.58. The zero-order valence-electron chi connectivity index (χ0n) is 18.7. The van der Waals surface area contributed by atoms with Crippen LogP contribution in [0.4, 0.5) is 0 Å². The van der Waals surface area contributed by atoms with Gasteiger partial charge in [-0.3, -0.25) is 4.79 Å². The van der Waals surface area contributed by atoms with Gasteiger partial charge in [0.1, 0.15) is 0 Å². The van der Waals surface area contributed by atoms with Crippen molar-refractivity contribution in [1.29, 1.82) is 0 Å². The van der Waals surface area contributed by atoms with Crippen LogP contribution in [0.3, 0.4) is 0 Å². The number of aliphatic hydroxyl groups is 1. The van der Waals surface area contributed by atoms with E-state index in [0.29, 0.717) is 28.8 Å². The van der Waals surface area contributed by atoms with Crippen molar-refractivity contribution in [1.82, 2.24) is 4.90 Å². The van der Waals surface area contributed by atoms with E-state index in [-0.39, 0.29) is 23.9 Å². The SMILES string of the molecule is C=CCC1(C)C[C@H](c2cccc(Cl)c2)[C@@H](c2ccc(Cl)cc2)N([C@@H](C2CC2)[C@H](C)O)C1=O. The van der Waals surface area contributed by atoms with Gasteiger partial charge in [0.2, 0.25) is 5.91 Å². The second-order valence-corrected chi connectivity index (χ2v) is 10.6. The van der Waals surface area contributed by atoms with Crippen LogP contribution >= 0.6 is 23.2 Å². The summed E-state index contributed by atoms with van der Waals surface area (Å²) < 4.78 is 0. The van der Waals surface area contributed by atoms with Crippen LogP contribution in [0.2, 0.25) is 10.0 Å². The third-order valence-corrected chi connectivity index (χ3v) is 7.59. The van der Waals surface area contributed by atoms with E-state index in [0.717, 1.165) is 24.0 Å². The first kappa shape index (κ1) is 23.4. The molecule has 1 aliphatic heterocycles. The Labute approximate surface area is 201 Å². The summed E-state index contributed by atoms with van der Waals surface area (Å²) in [4.78, 5) is 16.1. The molecule has 32 heavy (non-hydrogen) atoms. The standard InChI is InChI=1S/C27H31Cl2NO2/c1-4-14-27(3)16-23(20-6-5-7-22(29)15-20)25(19-10-12-21(28)13-11-19)30(26(27)32)24(17(2)31)18-8-9-18/h4-7,10-13,15,17-18,23-25,31H,1,8-9,14,16H2,2-3H3/t17-,23+,24+,25+,27?/m0/s1. The predicted octanol–water partition coefficient (Wildman–Crippen LogP) is 6.79. The summed E-state index contributed by atoms with van der Waals surface area (Å²) in [7, 11) is 0. The first-order valence-electron chi connectivity index (χ1n) is 11.4. The van der Waals surface area contributed by atoms with Crippen molar-refractivity contribution in [3.05, 3.63) is 82.4 Å². The second-order valence-electron chi connectivity index (χ2n) is 9.70. The molecule has 1 unspecified atom stereocenters. The van der Waals surface area contributed by atoms with Crippen molar-refractivity contribution >= 4 is 29.1 Å². The van der Waals surface area contributed by atoms with Gasteiger partial charge in [-0.1, -0.05) is 60.5 Å². The number of hydrogen-bond acceptors (Lipinski definition) is 2. The van der Waals surface area contributed by atoms with E-state index in [2.05, 4.69) is 12.6 Å². The number of likely N-dealkylation sites (tertiary alicyclic amines) is 1. The zero-order chi connectivity index (χ0) is 23.0. The van der Waals surface area contributed by atoms with Gasteiger partial charge in [-0.25, -0.2) is 0 Å². The Morgan fingerprint density at radius 1 is 1.16 bits per heavy atom. The smallest absolute Gasteiger partial charge is 0.229 e. The lowest BCUT2D eigenvalue weighted by molar-refractivity contribution is -0.159. The molecule has 5 heteroatoms. The summed E-state index contributed by atoms with van der Waals surface area (Å²) in [6.45, 7) is 7.77. The molecule has 2 aliphatic rings. The molecular weight excluding hydrogens is 441 g/mol. The maximum absolute atomic E-state index is 14.1. The van der Waals surface area contributed by atoms with Crippen LogP contribution in [0.15, 0.2) is 61.2 Å². The van der Waals surface area contributed by atoms with E-state index in [1.807, 2.05) is 67.3 Å². The Kier molecular flexibility index (Phi) is 6.72. The molecule has 1 heterocycles. The van der Waals surface area contributed by atoms with Crippen LogP contribution < -0.4 is 0 Å². The van der Waals surface area contributed by atoms with Gasteiger partial charge in [0.05, 0.1) is 23.6 Å². The van der Waals surface area contributed by atoms with Crippen LogP contribution in [-0.4, -0.2) is 28.1 Å². The highest BCUT2D eigenvalue weighted by atomic mass is 35.5. The van der Waals surface area contributed by atoms with Gasteiger partial charge in [0.15, 0.2) is 0 Å². The quantitative estimate of drug-likeness (QED) is 0.451. The molecule has 2 fully saturated rings. The van der Waals surface area contributed by atoms with E-state index in [1.54, 1.807) is 0 Å². The molecule has 0 aromatic heterocycles. The van der Waals surface area contributed by atoms with Crippen molar-refractivity contribution in [3.8, 4) is 0 Å². The molecule has 1 saturated heterocycles. The fraction of sp³-hybridized carbons (Fsp3) is 0.444. The molecule has 170 valence electrons. The molecule has 3 nitrogen and oxygen atoms in total. The second kappa shape index (κ2) is 9.21. The van der Waals surface area contributed by atoms with Crippen molar-refractivity contribution in [2.24, 2.45) is 11.3 Å². The molecule has 2 aromatic carbocycles. The van der Waals surface area contributed by atoms with Gasteiger partial charge in [0, 0.05) is 16.0 Å². The molecule has 0 bridgehead atoms. The molecule has 4 rings (SSSR count). The van der Waals surface area contributed by atoms with E-state index in [1.165, 1.54) is 0 Å². The third kappa shape index (κ3) is 4.48. The monoisotopic (exact) mass is 471 g/mol. The Hall–Kier alpha value is -1.81. The number of piperidine rings is 1. The highest BCUT2D eigenvalue weighted by molar-refractivity contribution is 6.30. The van der Waals surface area contributed by atoms with E-state index >= 15 is 0 Å². The fourth-order valence-corrected chi connectivity index (χ4v) is 5.83. The minimum atomic E-state index is -0.618. The first-order valence-corrected chi connectivity index (χ1v) is 12.1. The Morgan fingerprint density at radius 3 is 2.41 bits per heavy atom. The van der Waals surface area contributed by atoms with E-state index in [9.17, 15) is 9.90 Å². The van der Waals surface area contributed by atoms with Crippen LogP contribution in [0.5, 0.6) is 0 Å². The van der Waals surface area contributed by atoms with Crippen LogP contribution in [-0.2, 0) is 4.79 Å². The number of allylic oxidation sites excluding steroid dienone is 1. The van der Waals surface area contributed by atoms with Crippen molar-refractivity contribution in [2.45, 2.75) is 63.6 Å². The number of amides is 1. The van der Waals surface area contributed by atoms with Crippen molar-refractivity contribution in [2.75, 3.05) is 0 Å². The number of halogens is 2. The molecule has 0 spiro atoms.